The number of morpholine rings is 1. The summed E-state index contributed by atoms with van der Waals surface area (Å²) in [5.74, 6) is 0.188. The normalized spacial score (nSPS) is 16.0. The van der Waals surface area contributed by atoms with Gasteiger partial charge in [0.25, 0.3) is 0 Å². The molecular formula is C17H20N4O2. The first-order chi connectivity index (χ1) is 11.2. The summed E-state index contributed by atoms with van der Waals surface area (Å²) in [5.41, 5.74) is 2.15. The van der Waals surface area contributed by atoms with Crippen molar-refractivity contribution in [3.63, 3.8) is 0 Å². The lowest BCUT2D eigenvalue weighted by molar-refractivity contribution is -0.117. The molecule has 0 radical (unpaired) electrons. The minimum absolute atomic E-state index is 0.0807. The second kappa shape index (κ2) is 7.19. The van der Waals surface area contributed by atoms with Gasteiger partial charge in [-0.15, -0.1) is 0 Å². The number of nitrogens with zero attached hydrogens (tertiary/aromatic N) is 3. The summed E-state index contributed by atoms with van der Waals surface area (Å²) >= 11 is 0. The molecule has 0 bridgehead atoms. The Labute approximate surface area is 135 Å². The molecule has 1 aliphatic heterocycles. The van der Waals surface area contributed by atoms with Gasteiger partial charge in [-0.2, -0.15) is 0 Å². The summed E-state index contributed by atoms with van der Waals surface area (Å²) < 4.78 is 5.37. The van der Waals surface area contributed by atoms with E-state index < -0.39 is 0 Å². The van der Waals surface area contributed by atoms with Crippen LogP contribution in [0.15, 0.2) is 42.9 Å². The van der Waals surface area contributed by atoms with Crippen molar-refractivity contribution in [1.29, 1.82) is 0 Å². The first kappa shape index (κ1) is 15.4. The highest BCUT2D eigenvalue weighted by Crippen LogP contribution is 2.22. The molecule has 1 saturated heterocycles. The number of carbonyl (C=O) groups excluding carboxylic acids is 1. The quantitative estimate of drug-likeness (QED) is 0.936. The van der Waals surface area contributed by atoms with E-state index in [0.29, 0.717) is 5.82 Å². The van der Waals surface area contributed by atoms with Crippen molar-refractivity contribution in [2.24, 2.45) is 0 Å². The molecule has 2 aromatic rings. The lowest BCUT2D eigenvalue weighted by Crippen LogP contribution is -2.36. The number of anilines is 2. The highest BCUT2D eigenvalue weighted by molar-refractivity contribution is 5.94. The molecule has 0 unspecified atom stereocenters. The first-order valence-corrected chi connectivity index (χ1v) is 7.73. The number of aromatic nitrogens is 2. The second-order valence-corrected chi connectivity index (χ2v) is 5.50. The summed E-state index contributed by atoms with van der Waals surface area (Å²) in [6.07, 6.45) is 3.02. The Morgan fingerprint density at radius 2 is 1.96 bits per heavy atom. The molecule has 6 nitrogen and oxygen atoms in total. The van der Waals surface area contributed by atoms with Crippen molar-refractivity contribution in [1.82, 2.24) is 9.97 Å². The Morgan fingerprint density at radius 3 is 2.61 bits per heavy atom. The van der Waals surface area contributed by atoms with Crippen LogP contribution in [0.25, 0.3) is 0 Å². The summed E-state index contributed by atoms with van der Waals surface area (Å²) in [4.78, 5) is 22.4. The monoisotopic (exact) mass is 312 g/mol. The molecule has 1 N–H and O–H groups in total. The average molecular weight is 312 g/mol. The summed E-state index contributed by atoms with van der Waals surface area (Å²) in [6.45, 7) is 5.23. The molecule has 1 amide bonds. The second-order valence-electron chi connectivity index (χ2n) is 5.50. The van der Waals surface area contributed by atoms with Crippen LogP contribution >= 0.6 is 0 Å². The van der Waals surface area contributed by atoms with Crippen molar-refractivity contribution in [2.75, 3.05) is 36.5 Å². The maximum Gasteiger partial charge on any atom is 0.232 e. The van der Waals surface area contributed by atoms with Gasteiger partial charge in [0.1, 0.15) is 12.1 Å². The van der Waals surface area contributed by atoms with E-state index >= 15 is 0 Å². The molecule has 1 aromatic carbocycles. The fourth-order valence-electron chi connectivity index (χ4n) is 2.55. The zero-order valence-electron chi connectivity index (χ0n) is 13.1. The van der Waals surface area contributed by atoms with Crippen LogP contribution in [0.5, 0.6) is 0 Å². The Bertz CT molecular complexity index is 639. The van der Waals surface area contributed by atoms with E-state index in [1.54, 1.807) is 12.3 Å². The van der Waals surface area contributed by atoms with Crippen LogP contribution in [0.4, 0.5) is 11.5 Å². The minimum atomic E-state index is -0.247. The van der Waals surface area contributed by atoms with Gasteiger partial charge in [0, 0.05) is 25.0 Å². The molecule has 0 saturated carbocycles. The predicted octanol–water partition coefficient (Wildman–Crippen LogP) is 2.06. The van der Waals surface area contributed by atoms with Gasteiger partial charge < -0.3 is 15.0 Å². The third kappa shape index (κ3) is 3.84. The Balaban J connectivity index is 1.65. The van der Waals surface area contributed by atoms with Gasteiger partial charge in [0.05, 0.1) is 19.1 Å². The van der Waals surface area contributed by atoms with Crippen LogP contribution in [-0.4, -0.2) is 42.2 Å². The van der Waals surface area contributed by atoms with E-state index in [1.165, 1.54) is 12.0 Å². The number of nitrogens with one attached hydrogen (secondary N) is 1. The highest BCUT2D eigenvalue weighted by Gasteiger charge is 2.17. The van der Waals surface area contributed by atoms with Crippen molar-refractivity contribution < 1.29 is 9.53 Å². The standard InChI is InChI=1S/C17H20N4O2/c1-13(17(22)20-16-6-7-18-12-19-16)14-2-4-15(5-3-14)21-8-10-23-11-9-21/h2-7,12-13H,8-11H2,1H3,(H,18,19,20,22)/t13-/m1/s1. The van der Waals surface area contributed by atoms with E-state index in [2.05, 4.69) is 32.3 Å². The molecule has 1 fully saturated rings. The molecule has 1 aromatic heterocycles. The molecule has 1 atom stereocenters. The van der Waals surface area contributed by atoms with E-state index in [0.717, 1.165) is 31.9 Å². The van der Waals surface area contributed by atoms with Crippen LogP contribution in [0.2, 0.25) is 0 Å². The SMILES string of the molecule is C[C@@H](C(=O)Nc1ccncn1)c1ccc(N2CCOCC2)cc1. The van der Waals surface area contributed by atoms with Crippen LogP contribution in [0.3, 0.4) is 0 Å². The zero-order chi connectivity index (χ0) is 16.1. The fourth-order valence-corrected chi connectivity index (χ4v) is 2.55. The van der Waals surface area contributed by atoms with E-state index in [1.807, 2.05) is 19.1 Å². The average Bonchev–Trinajstić information content (AvgIpc) is 2.63. The Kier molecular flexibility index (Phi) is 4.83. The van der Waals surface area contributed by atoms with Gasteiger partial charge in [-0.1, -0.05) is 12.1 Å². The summed E-state index contributed by atoms with van der Waals surface area (Å²) in [5, 5.41) is 2.80. The van der Waals surface area contributed by atoms with Crippen molar-refractivity contribution >= 4 is 17.4 Å². The number of ether oxygens (including phenoxy) is 1. The molecule has 0 spiro atoms. The maximum atomic E-state index is 12.3. The van der Waals surface area contributed by atoms with Gasteiger partial charge in [-0.3, -0.25) is 4.79 Å². The van der Waals surface area contributed by atoms with Crippen LogP contribution < -0.4 is 10.2 Å². The van der Waals surface area contributed by atoms with Crippen LogP contribution in [-0.2, 0) is 9.53 Å². The zero-order valence-corrected chi connectivity index (χ0v) is 13.1. The molecule has 2 heterocycles. The van der Waals surface area contributed by atoms with Gasteiger partial charge in [-0.05, 0) is 30.7 Å². The minimum Gasteiger partial charge on any atom is -0.378 e. The number of carbonyl (C=O) groups is 1. The fraction of sp³-hybridized carbons (Fsp3) is 0.353. The maximum absolute atomic E-state index is 12.3. The molecule has 23 heavy (non-hydrogen) atoms. The van der Waals surface area contributed by atoms with E-state index in [9.17, 15) is 4.79 Å². The number of benzene rings is 1. The van der Waals surface area contributed by atoms with E-state index in [-0.39, 0.29) is 11.8 Å². The number of amides is 1. The van der Waals surface area contributed by atoms with Crippen LogP contribution in [0.1, 0.15) is 18.4 Å². The largest absolute Gasteiger partial charge is 0.378 e. The predicted molar refractivity (Wildman–Crippen MR) is 88.6 cm³/mol. The van der Waals surface area contributed by atoms with Gasteiger partial charge in [-0.25, -0.2) is 9.97 Å². The van der Waals surface area contributed by atoms with Gasteiger partial charge in [0.2, 0.25) is 5.91 Å². The number of hydrogen-bond donors (Lipinski definition) is 1. The Hall–Kier alpha value is -2.47. The molecule has 1 aliphatic rings. The topological polar surface area (TPSA) is 67.4 Å². The van der Waals surface area contributed by atoms with Gasteiger partial charge in [0.15, 0.2) is 0 Å². The molecule has 0 aliphatic carbocycles. The third-order valence-corrected chi connectivity index (χ3v) is 4.00. The number of rotatable bonds is 4. The highest BCUT2D eigenvalue weighted by atomic mass is 16.5. The first-order valence-electron chi connectivity index (χ1n) is 7.73. The molecule has 3 rings (SSSR count). The van der Waals surface area contributed by atoms with Crippen LogP contribution in [0, 0.1) is 0 Å². The van der Waals surface area contributed by atoms with Gasteiger partial charge >= 0.3 is 0 Å². The van der Waals surface area contributed by atoms with E-state index in [4.69, 9.17) is 4.74 Å². The number of hydrogen-bond acceptors (Lipinski definition) is 5. The van der Waals surface area contributed by atoms with Crippen molar-refractivity contribution in [3.8, 4) is 0 Å². The third-order valence-electron chi connectivity index (χ3n) is 4.00. The summed E-state index contributed by atoms with van der Waals surface area (Å²) in [7, 11) is 0. The molecular weight excluding hydrogens is 292 g/mol. The van der Waals surface area contributed by atoms with Crippen molar-refractivity contribution in [3.05, 3.63) is 48.4 Å². The van der Waals surface area contributed by atoms with Crippen molar-refractivity contribution in [2.45, 2.75) is 12.8 Å². The lowest BCUT2D eigenvalue weighted by atomic mass is 10.00. The molecule has 6 heteroatoms. The summed E-state index contributed by atoms with van der Waals surface area (Å²) in [6, 6.07) is 9.82. The smallest absolute Gasteiger partial charge is 0.232 e. The molecule has 120 valence electrons. The lowest BCUT2D eigenvalue weighted by Gasteiger charge is -2.29. The Morgan fingerprint density at radius 1 is 1.22 bits per heavy atom.